The molecule has 0 unspecified atom stereocenters. The smallest absolute Gasteiger partial charge is 0.0637 e. The Morgan fingerprint density at radius 1 is 1.22 bits per heavy atom. The Balaban J connectivity index is 1.83. The van der Waals surface area contributed by atoms with Crippen LogP contribution in [0.2, 0.25) is 10.0 Å². The molecular formula is C14H19Cl2NS. The van der Waals surface area contributed by atoms with E-state index in [1.54, 1.807) is 0 Å². The van der Waals surface area contributed by atoms with Crippen molar-refractivity contribution in [3.05, 3.63) is 33.8 Å². The number of hydrogen-bond acceptors (Lipinski definition) is 2. The normalized spacial score (nSPS) is 24.2. The van der Waals surface area contributed by atoms with Gasteiger partial charge in [0.1, 0.15) is 0 Å². The fraction of sp³-hybridized carbons (Fsp3) is 0.571. The zero-order chi connectivity index (χ0) is 13.0. The molecule has 100 valence electrons. The van der Waals surface area contributed by atoms with Gasteiger partial charge in [0.15, 0.2) is 0 Å². The molecule has 0 aliphatic heterocycles. The highest BCUT2D eigenvalue weighted by Crippen LogP contribution is 2.28. The maximum Gasteiger partial charge on any atom is 0.0637 e. The third-order valence-electron chi connectivity index (χ3n) is 3.62. The first-order chi connectivity index (χ1) is 8.70. The van der Waals surface area contributed by atoms with Crippen molar-refractivity contribution < 1.29 is 0 Å². The predicted octanol–water partition coefficient (Wildman–Crippen LogP) is 4.76. The molecule has 1 aliphatic carbocycles. The lowest BCUT2D eigenvalue weighted by Crippen LogP contribution is -2.33. The fourth-order valence-corrected chi connectivity index (χ4v) is 3.57. The monoisotopic (exact) mass is 303 g/mol. The number of thioether (sulfide) groups is 1. The van der Waals surface area contributed by atoms with Crippen LogP contribution < -0.4 is 5.32 Å². The molecule has 0 heterocycles. The van der Waals surface area contributed by atoms with E-state index in [9.17, 15) is 0 Å². The van der Waals surface area contributed by atoms with E-state index in [-0.39, 0.29) is 0 Å². The number of hydrogen-bond donors (Lipinski definition) is 1. The minimum atomic E-state index is 0.628. The molecule has 1 fully saturated rings. The maximum atomic E-state index is 6.18. The van der Waals surface area contributed by atoms with Crippen LogP contribution in [0, 0.1) is 0 Å². The number of halogens is 2. The van der Waals surface area contributed by atoms with Gasteiger partial charge in [-0.05, 0) is 43.6 Å². The van der Waals surface area contributed by atoms with Gasteiger partial charge in [0.2, 0.25) is 0 Å². The summed E-state index contributed by atoms with van der Waals surface area (Å²) in [6.07, 6.45) is 7.39. The summed E-state index contributed by atoms with van der Waals surface area (Å²) in [5.74, 6) is 0. The van der Waals surface area contributed by atoms with Crippen molar-refractivity contribution in [3.8, 4) is 0 Å². The van der Waals surface area contributed by atoms with E-state index in [4.69, 9.17) is 23.2 Å². The van der Waals surface area contributed by atoms with Gasteiger partial charge in [-0.25, -0.2) is 0 Å². The molecule has 18 heavy (non-hydrogen) atoms. The largest absolute Gasteiger partial charge is 0.310 e. The van der Waals surface area contributed by atoms with E-state index < -0.39 is 0 Å². The van der Waals surface area contributed by atoms with E-state index in [0.717, 1.165) is 17.4 Å². The Labute approximate surface area is 124 Å². The molecule has 1 saturated carbocycles. The summed E-state index contributed by atoms with van der Waals surface area (Å²) in [6, 6.07) is 6.45. The second-order valence-electron chi connectivity index (χ2n) is 4.80. The lowest BCUT2D eigenvalue weighted by Gasteiger charge is -2.28. The highest BCUT2D eigenvalue weighted by atomic mass is 35.5. The van der Waals surface area contributed by atoms with Crippen LogP contribution in [0.3, 0.4) is 0 Å². The molecule has 1 aliphatic rings. The van der Waals surface area contributed by atoms with Crippen LogP contribution in [0.5, 0.6) is 0 Å². The maximum absolute atomic E-state index is 6.18. The minimum absolute atomic E-state index is 0.628. The molecule has 0 atom stereocenters. The Morgan fingerprint density at radius 2 is 1.94 bits per heavy atom. The topological polar surface area (TPSA) is 12.0 Å². The van der Waals surface area contributed by atoms with Crippen LogP contribution in [0.25, 0.3) is 0 Å². The number of rotatable bonds is 4. The lowest BCUT2D eigenvalue weighted by molar-refractivity contribution is 0.379. The summed E-state index contributed by atoms with van der Waals surface area (Å²) in [5.41, 5.74) is 1.09. The first kappa shape index (κ1) is 14.5. The van der Waals surface area contributed by atoms with Gasteiger partial charge in [-0.1, -0.05) is 35.3 Å². The summed E-state index contributed by atoms with van der Waals surface area (Å²) in [4.78, 5) is 0. The van der Waals surface area contributed by atoms with Crippen LogP contribution in [0.1, 0.15) is 31.2 Å². The van der Waals surface area contributed by atoms with E-state index in [2.05, 4.69) is 11.6 Å². The summed E-state index contributed by atoms with van der Waals surface area (Å²) in [6.45, 7) is 0.813. The van der Waals surface area contributed by atoms with Gasteiger partial charge in [0.25, 0.3) is 0 Å². The highest BCUT2D eigenvalue weighted by molar-refractivity contribution is 7.99. The summed E-state index contributed by atoms with van der Waals surface area (Å²) in [7, 11) is 0. The molecule has 0 amide bonds. The molecular weight excluding hydrogens is 285 g/mol. The van der Waals surface area contributed by atoms with E-state index in [1.165, 1.54) is 25.7 Å². The quantitative estimate of drug-likeness (QED) is 0.861. The molecule has 0 radical (unpaired) electrons. The van der Waals surface area contributed by atoms with Crippen molar-refractivity contribution in [3.63, 3.8) is 0 Å². The van der Waals surface area contributed by atoms with Crippen molar-refractivity contribution in [2.24, 2.45) is 0 Å². The van der Waals surface area contributed by atoms with Gasteiger partial charge in [0.05, 0.1) is 10.0 Å². The SMILES string of the molecule is CSC1CCC(NCc2cccc(Cl)c2Cl)CC1. The van der Waals surface area contributed by atoms with Crippen LogP contribution in [-0.2, 0) is 6.54 Å². The zero-order valence-electron chi connectivity index (χ0n) is 10.6. The summed E-state index contributed by atoms with van der Waals surface area (Å²) < 4.78 is 0. The second kappa shape index (κ2) is 7.04. The third-order valence-corrected chi connectivity index (χ3v) is 5.62. The average molecular weight is 304 g/mol. The van der Waals surface area contributed by atoms with E-state index in [0.29, 0.717) is 16.1 Å². The molecule has 1 aromatic rings. The third kappa shape index (κ3) is 3.80. The van der Waals surface area contributed by atoms with Gasteiger partial charge in [0, 0.05) is 17.8 Å². The van der Waals surface area contributed by atoms with Crippen molar-refractivity contribution in [2.45, 2.75) is 43.5 Å². The Hall–Kier alpha value is 0.110. The first-order valence-corrected chi connectivity index (χ1v) is 8.44. The van der Waals surface area contributed by atoms with Gasteiger partial charge < -0.3 is 5.32 Å². The molecule has 2 rings (SSSR count). The van der Waals surface area contributed by atoms with Crippen molar-refractivity contribution in [1.82, 2.24) is 5.32 Å². The zero-order valence-corrected chi connectivity index (χ0v) is 12.9. The standard InChI is InChI=1S/C14H19Cl2NS/c1-18-12-7-5-11(6-8-12)17-9-10-3-2-4-13(15)14(10)16/h2-4,11-12,17H,5-9H2,1H3. The average Bonchev–Trinajstić information content (AvgIpc) is 2.41. The highest BCUT2D eigenvalue weighted by Gasteiger charge is 2.20. The summed E-state index contributed by atoms with van der Waals surface area (Å²) >= 11 is 14.2. The fourth-order valence-electron chi connectivity index (χ4n) is 2.44. The van der Waals surface area contributed by atoms with Crippen molar-refractivity contribution in [2.75, 3.05) is 6.26 Å². The molecule has 1 nitrogen and oxygen atoms in total. The lowest BCUT2D eigenvalue weighted by atomic mass is 9.95. The Morgan fingerprint density at radius 3 is 2.61 bits per heavy atom. The molecule has 0 aromatic heterocycles. The van der Waals surface area contributed by atoms with Crippen molar-refractivity contribution in [1.29, 1.82) is 0 Å². The Kier molecular flexibility index (Phi) is 5.68. The van der Waals surface area contributed by atoms with Crippen LogP contribution in [-0.4, -0.2) is 17.5 Å². The minimum Gasteiger partial charge on any atom is -0.310 e. The van der Waals surface area contributed by atoms with Gasteiger partial charge in [-0.3, -0.25) is 0 Å². The van der Waals surface area contributed by atoms with Gasteiger partial charge >= 0.3 is 0 Å². The van der Waals surface area contributed by atoms with Crippen LogP contribution in [0.4, 0.5) is 0 Å². The predicted molar refractivity (Wildman–Crippen MR) is 82.9 cm³/mol. The Bertz CT molecular complexity index is 389. The number of nitrogens with one attached hydrogen (secondary N) is 1. The molecule has 1 N–H and O–H groups in total. The van der Waals surface area contributed by atoms with Gasteiger partial charge in [-0.2, -0.15) is 11.8 Å². The van der Waals surface area contributed by atoms with E-state index in [1.807, 2.05) is 30.0 Å². The van der Waals surface area contributed by atoms with E-state index >= 15 is 0 Å². The second-order valence-corrected chi connectivity index (χ2v) is 6.73. The molecule has 0 spiro atoms. The number of benzene rings is 1. The van der Waals surface area contributed by atoms with Gasteiger partial charge in [-0.15, -0.1) is 0 Å². The van der Waals surface area contributed by atoms with Crippen molar-refractivity contribution >= 4 is 35.0 Å². The molecule has 1 aromatic carbocycles. The molecule has 0 bridgehead atoms. The molecule has 0 saturated heterocycles. The van der Waals surface area contributed by atoms with Crippen LogP contribution >= 0.6 is 35.0 Å². The van der Waals surface area contributed by atoms with Crippen LogP contribution in [0.15, 0.2) is 18.2 Å². The molecule has 4 heteroatoms. The first-order valence-electron chi connectivity index (χ1n) is 6.39. The summed E-state index contributed by atoms with van der Waals surface area (Å²) in [5, 5.41) is 5.78.